The smallest absolute Gasteiger partial charge is 0.289 e. The van der Waals surface area contributed by atoms with Crippen LogP contribution in [0.15, 0.2) is 59.0 Å². The fourth-order valence-corrected chi connectivity index (χ4v) is 2.98. The first kappa shape index (κ1) is 20.0. The molecule has 0 bridgehead atoms. The third-order valence-corrected chi connectivity index (χ3v) is 4.64. The van der Waals surface area contributed by atoms with Crippen LogP contribution in [-0.4, -0.2) is 30.3 Å². The second-order valence-corrected chi connectivity index (χ2v) is 7.21. The lowest BCUT2D eigenvalue weighted by atomic mass is 10.2. The molecule has 5 nitrogen and oxygen atoms in total. The lowest BCUT2D eigenvalue weighted by molar-refractivity contribution is -0.116. The quantitative estimate of drug-likeness (QED) is 0.615. The van der Waals surface area contributed by atoms with Gasteiger partial charge in [-0.25, -0.2) is 0 Å². The Hall–Kier alpha value is -2.76. The largest absolute Gasteiger partial charge is 0.451 e. The standard InChI is InChI=1S/C21H18Cl2N2O3/c1-13-3-6-15(7-4-13)24-20(26)12-25(2)21(27)19-10-9-18(28-19)16-11-14(22)5-8-17(16)23/h3-11H,12H2,1-2H3,(H,24,26). The minimum Gasteiger partial charge on any atom is -0.451 e. The summed E-state index contributed by atoms with van der Waals surface area (Å²) >= 11 is 12.2. The van der Waals surface area contributed by atoms with Gasteiger partial charge in [-0.2, -0.15) is 0 Å². The number of nitrogens with one attached hydrogen (secondary N) is 1. The molecular weight excluding hydrogens is 399 g/mol. The zero-order valence-corrected chi connectivity index (χ0v) is 16.8. The number of likely N-dealkylation sites (N-methyl/N-ethyl adjacent to an activating group) is 1. The Morgan fingerprint density at radius 1 is 1.04 bits per heavy atom. The second-order valence-electron chi connectivity index (χ2n) is 6.36. The minimum absolute atomic E-state index is 0.108. The molecule has 0 aliphatic heterocycles. The number of benzene rings is 2. The lowest BCUT2D eigenvalue weighted by Crippen LogP contribution is -2.34. The molecule has 0 saturated carbocycles. The van der Waals surface area contributed by atoms with Crippen LogP contribution in [-0.2, 0) is 4.79 Å². The van der Waals surface area contributed by atoms with E-state index in [1.165, 1.54) is 11.9 Å². The van der Waals surface area contributed by atoms with Crippen LogP contribution in [0, 0.1) is 6.92 Å². The fourth-order valence-electron chi connectivity index (χ4n) is 2.60. The van der Waals surface area contributed by atoms with E-state index in [0.29, 0.717) is 27.1 Å². The molecule has 0 aliphatic carbocycles. The van der Waals surface area contributed by atoms with Gasteiger partial charge in [0.15, 0.2) is 5.76 Å². The highest BCUT2D eigenvalue weighted by Crippen LogP contribution is 2.32. The van der Waals surface area contributed by atoms with Gasteiger partial charge in [-0.05, 0) is 49.4 Å². The van der Waals surface area contributed by atoms with Gasteiger partial charge < -0.3 is 14.6 Å². The summed E-state index contributed by atoms with van der Waals surface area (Å²) < 4.78 is 5.64. The maximum Gasteiger partial charge on any atom is 0.289 e. The van der Waals surface area contributed by atoms with Gasteiger partial charge in [0.1, 0.15) is 5.76 Å². The summed E-state index contributed by atoms with van der Waals surface area (Å²) in [6.07, 6.45) is 0. The van der Waals surface area contributed by atoms with Crippen molar-refractivity contribution in [2.24, 2.45) is 0 Å². The Morgan fingerprint density at radius 2 is 1.75 bits per heavy atom. The normalized spacial score (nSPS) is 10.6. The van der Waals surface area contributed by atoms with E-state index in [2.05, 4.69) is 5.32 Å². The van der Waals surface area contributed by atoms with Crippen molar-refractivity contribution in [2.45, 2.75) is 6.92 Å². The van der Waals surface area contributed by atoms with Crippen LogP contribution >= 0.6 is 23.2 Å². The van der Waals surface area contributed by atoms with Crippen molar-refractivity contribution in [3.05, 3.63) is 76.0 Å². The van der Waals surface area contributed by atoms with E-state index < -0.39 is 5.91 Å². The highest BCUT2D eigenvalue weighted by Gasteiger charge is 2.19. The van der Waals surface area contributed by atoms with Gasteiger partial charge in [-0.3, -0.25) is 9.59 Å². The third kappa shape index (κ3) is 4.74. The number of carbonyl (C=O) groups excluding carboxylic acids is 2. The molecule has 3 aromatic rings. The Bertz CT molecular complexity index is 1010. The zero-order chi connectivity index (χ0) is 20.3. The van der Waals surface area contributed by atoms with E-state index >= 15 is 0 Å². The van der Waals surface area contributed by atoms with E-state index in [4.69, 9.17) is 27.6 Å². The first-order valence-corrected chi connectivity index (χ1v) is 9.26. The number of aryl methyl sites for hydroxylation is 1. The van der Waals surface area contributed by atoms with Crippen molar-refractivity contribution in [3.8, 4) is 11.3 Å². The summed E-state index contributed by atoms with van der Waals surface area (Å²) in [7, 11) is 1.53. The predicted molar refractivity (Wildman–Crippen MR) is 111 cm³/mol. The number of furan rings is 1. The van der Waals surface area contributed by atoms with Crippen LogP contribution in [0.2, 0.25) is 10.0 Å². The van der Waals surface area contributed by atoms with E-state index in [0.717, 1.165) is 5.56 Å². The molecule has 2 aromatic carbocycles. The maximum absolute atomic E-state index is 12.6. The number of anilines is 1. The Labute approximate surface area is 172 Å². The summed E-state index contributed by atoms with van der Waals surface area (Å²) in [6, 6.07) is 15.6. The summed E-state index contributed by atoms with van der Waals surface area (Å²) in [5.41, 5.74) is 2.36. The Kier molecular flexibility index (Phi) is 6.07. The van der Waals surface area contributed by atoms with Crippen molar-refractivity contribution in [1.29, 1.82) is 0 Å². The molecule has 144 valence electrons. The minimum atomic E-state index is -0.413. The molecule has 0 spiro atoms. The van der Waals surface area contributed by atoms with E-state index in [-0.39, 0.29) is 18.2 Å². The van der Waals surface area contributed by atoms with Crippen molar-refractivity contribution in [3.63, 3.8) is 0 Å². The average Bonchev–Trinajstić information content (AvgIpc) is 3.14. The van der Waals surface area contributed by atoms with E-state index in [1.54, 1.807) is 30.3 Å². The molecule has 0 aliphatic rings. The summed E-state index contributed by atoms with van der Waals surface area (Å²) in [6.45, 7) is 1.85. The second kappa shape index (κ2) is 8.50. The van der Waals surface area contributed by atoms with Gasteiger partial charge >= 0.3 is 0 Å². The van der Waals surface area contributed by atoms with Crippen molar-refractivity contribution in [2.75, 3.05) is 18.9 Å². The van der Waals surface area contributed by atoms with Crippen molar-refractivity contribution in [1.82, 2.24) is 4.90 Å². The van der Waals surface area contributed by atoms with Crippen LogP contribution in [0.4, 0.5) is 5.69 Å². The number of rotatable bonds is 5. The van der Waals surface area contributed by atoms with Gasteiger partial charge in [-0.1, -0.05) is 40.9 Å². The van der Waals surface area contributed by atoms with Crippen molar-refractivity contribution >= 4 is 40.7 Å². The van der Waals surface area contributed by atoms with Crippen LogP contribution in [0.3, 0.4) is 0 Å². The monoisotopic (exact) mass is 416 g/mol. The fraction of sp³-hybridized carbons (Fsp3) is 0.143. The molecule has 0 unspecified atom stereocenters. The number of amides is 2. The molecule has 28 heavy (non-hydrogen) atoms. The first-order chi connectivity index (χ1) is 13.3. The van der Waals surface area contributed by atoms with Gasteiger partial charge in [0.25, 0.3) is 5.91 Å². The average molecular weight is 417 g/mol. The Balaban J connectivity index is 1.66. The third-order valence-electron chi connectivity index (χ3n) is 4.07. The molecular formula is C21H18Cl2N2O3. The van der Waals surface area contributed by atoms with Gasteiger partial charge in [0.2, 0.25) is 5.91 Å². The number of hydrogen-bond donors (Lipinski definition) is 1. The first-order valence-electron chi connectivity index (χ1n) is 8.51. The number of nitrogens with zero attached hydrogens (tertiary/aromatic N) is 1. The molecule has 3 rings (SSSR count). The molecule has 0 saturated heterocycles. The number of hydrogen-bond acceptors (Lipinski definition) is 3. The van der Waals surface area contributed by atoms with E-state index in [1.807, 2.05) is 31.2 Å². The maximum atomic E-state index is 12.6. The lowest BCUT2D eigenvalue weighted by Gasteiger charge is -2.15. The molecule has 2 amide bonds. The van der Waals surface area contributed by atoms with Crippen LogP contribution in [0.5, 0.6) is 0 Å². The summed E-state index contributed by atoms with van der Waals surface area (Å²) in [5, 5.41) is 3.73. The highest BCUT2D eigenvalue weighted by molar-refractivity contribution is 6.35. The molecule has 1 heterocycles. The van der Waals surface area contributed by atoms with Crippen molar-refractivity contribution < 1.29 is 14.0 Å². The number of halogens is 2. The summed E-state index contributed by atoms with van der Waals surface area (Å²) in [5.74, 6) is -0.183. The highest BCUT2D eigenvalue weighted by atomic mass is 35.5. The molecule has 1 N–H and O–H groups in total. The summed E-state index contributed by atoms with van der Waals surface area (Å²) in [4.78, 5) is 26.0. The topological polar surface area (TPSA) is 62.6 Å². The van der Waals surface area contributed by atoms with Gasteiger partial charge in [-0.15, -0.1) is 0 Å². The SMILES string of the molecule is Cc1ccc(NC(=O)CN(C)C(=O)c2ccc(-c3cc(Cl)ccc3Cl)o2)cc1. The Morgan fingerprint density at radius 3 is 2.46 bits per heavy atom. The van der Waals surface area contributed by atoms with Gasteiger partial charge in [0, 0.05) is 23.3 Å². The molecule has 7 heteroatoms. The van der Waals surface area contributed by atoms with E-state index in [9.17, 15) is 9.59 Å². The van der Waals surface area contributed by atoms with Crippen LogP contribution in [0.25, 0.3) is 11.3 Å². The van der Waals surface area contributed by atoms with Gasteiger partial charge in [0.05, 0.1) is 11.6 Å². The number of carbonyl (C=O) groups is 2. The predicted octanol–water partition coefficient (Wildman–Crippen LogP) is 5.27. The molecule has 0 fully saturated rings. The van der Waals surface area contributed by atoms with Crippen LogP contribution < -0.4 is 5.32 Å². The molecule has 0 atom stereocenters. The molecule has 0 radical (unpaired) electrons. The zero-order valence-electron chi connectivity index (χ0n) is 15.3. The molecule has 1 aromatic heterocycles. The van der Waals surface area contributed by atoms with Crippen LogP contribution in [0.1, 0.15) is 16.1 Å².